The van der Waals surface area contributed by atoms with Crippen molar-refractivity contribution in [2.24, 2.45) is 0 Å². The molecule has 0 radical (unpaired) electrons. The molecule has 5 nitrogen and oxygen atoms in total. The van der Waals surface area contributed by atoms with Crippen LogP contribution in [0.1, 0.15) is 11.1 Å². The number of quaternary nitrogens is 1. The van der Waals surface area contributed by atoms with Gasteiger partial charge in [0.15, 0.2) is 0 Å². The summed E-state index contributed by atoms with van der Waals surface area (Å²) < 4.78 is 0. The van der Waals surface area contributed by atoms with Gasteiger partial charge in [-0.1, -0.05) is 29.8 Å². The van der Waals surface area contributed by atoms with Gasteiger partial charge in [0.1, 0.15) is 0 Å². The van der Waals surface area contributed by atoms with Gasteiger partial charge in [-0.05, 0) is 6.92 Å². The van der Waals surface area contributed by atoms with E-state index in [1.165, 1.54) is 11.1 Å². The van der Waals surface area contributed by atoms with Crippen molar-refractivity contribution in [1.82, 2.24) is 0 Å². The van der Waals surface area contributed by atoms with Crippen molar-refractivity contribution in [3.8, 4) is 0 Å². The summed E-state index contributed by atoms with van der Waals surface area (Å²) in [6.07, 6.45) is 0. The maximum Gasteiger partial charge on any atom is 0.0997 e. The second-order valence-electron chi connectivity index (χ2n) is 2.46. The lowest BCUT2D eigenvalue weighted by atomic mass is 10.2. The second kappa shape index (κ2) is 5.96. The highest BCUT2D eigenvalue weighted by Crippen LogP contribution is 2.00. The van der Waals surface area contributed by atoms with E-state index < -0.39 is 5.09 Å². The van der Waals surface area contributed by atoms with Gasteiger partial charge < -0.3 is 21.1 Å². The number of hydrogen-bond donors (Lipinski definition) is 1. The smallest absolute Gasteiger partial charge is 0.0997 e. The van der Waals surface area contributed by atoms with Crippen LogP contribution in [0.15, 0.2) is 24.3 Å². The minimum Gasteiger partial charge on any atom is -0.356 e. The Morgan fingerprint density at radius 3 is 2.00 bits per heavy atom. The Morgan fingerprint density at radius 2 is 1.69 bits per heavy atom. The second-order valence-corrected chi connectivity index (χ2v) is 2.46. The molecule has 0 atom stereocenters. The molecule has 0 aliphatic heterocycles. The molecule has 0 aliphatic rings. The Kier molecular flexibility index (Phi) is 5.22. The number of aryl methyl sites for hydroxylation is 1. The predicted molar refractivity (Wildman–Crippen MR) is 48.1 cm³/mol. The van der Waals surface area contributed by atoms with Crippen molar-refractivity contribution in [3.63, 3.8) is 0 Å². The van der Waals surface area contributed by atoms with Crippen LogP contribution in [0.4, 0.5) is 0 Å². The first-order valence-corrected chi connectivity index (χ1v) is 3.72. The van der Waals surface area contributed by atoms with Crippen molar-refractivity contribution < 1.29 is 10.8 Å². The minimum atomic E-state index is -1.75. The molecule has 0 unspecified atom stereocenters. The number of rotatable bonds is 1. The van der Waals surface area contributed by atoms with E-state index >= 15 is 0 Å². The summed E-state index contributed by atoms with van der Waals surface area (Å²) in [6, 6.07) is 8.45. The zero-order chi connectivity index (χ0) is 10.3. The van der Waals surface area contributed by atoms with Crippen LogP contribution in [-0.2, 0) is 6.54 Å². The molecule has 5 heteroatoms. The molecule has 0 spiro atoms. The normalized spacial score (nSPS) is 8.46. The largest absolute Gasteiger partial charge is 0.356 e. The van der Waals surface area contributed by atoms with E-state index in [0.29, 0.717) is 0 Å². The SMILES string of the molecule is Cc1ccc(C[NH3+])cc1.O=[N+]([O-])[O-]. The van der Waals surface area contributed by atoms with Crippen LogP contribution in [0.25, 0.3) is 0 Å². The predicted octanol–water partition coefficient (Wildman–Crippen LogP) is 0.498. The Hall–Kier alpha value is -1.62. The fraction of sp³-hybridized carbons (Fsp3) is 0.250. The fourth-order valence-corrected chi connectivity index (χ4v) is 0.755. The average Bonchev–Trinajstić information content (AvgIpc) is 2.05. The zero-order valence-electron chi connectivity index (χ0n) is 7.40. The van der Waals surface area contributed by atoms with Crippen LogP contribution in [0.5, 0.6) is 0 Å². The fourth-order valence-electron chi connectivity index (χ4n) is 0.755. The van der Waals surface area contributed by atoms with E-state index in [0.717, 1.165) is 6.54 Å². The highest BCUT2D eigenvalue weighted by Gasteiger charge is 1.87. The molecule has 0 saturated heterocycles. The molecule has 0 aliphatic carbocycles. The van der Waals surface area contributed by atoms with Gasteiger partial charge in [0.2, 0.25) is 0 Å². The molecule has 0 fully saturated rings. The van der Waals surface area contributed by atoms with Crippen LogP contribution >= 0.6 is 0 Å². The zero-order valence-corrected chi connectivity index (χ0v) is 7.40. The van der Waals surface area contributed by atoms with Crippen LogP contribution in [0, 0.1) is 22.2 Å². The van der Waals surface area contributed by atoms with Crippen molar-refractivity contribution in [2.75, 3.05) is 0 Å². The number of benzene rings is 1. The molecule has 1 aromatic rings. The van der Waals surface area contributed by atoms with Gasteiger partial charge in [-0.25, -0.2) is 0 Å². The highest BCUT2D eigenvalue weighted by molar-refractivity contribution is 5.20. The molecule has 1 rings (SSSR count). The molecule has 3 N–H and O–H groups in total. The van der Waals surface area contributed by atoms with Gasteiger partial charge in [-0.2, -0.15) is 0 Å². The third kappa shape index (κ3) is 6.77. The van der Waals surface area contributed by atoms with Crippen molar-refractivity contribution >= 4 is 0 Å². The molecule has 0 heterocycles. The standard InChI is InChI=1S/C8H11N.NO3/c1-7-2-4-8(6-9)5-3-7;2-1(3)4/h2-5H,6,9H2,1H3;/q;-1/p+1. The molecule has 0 amide bonds. The summed E-state index contributed by atoms with van der Waals surface area (Å²) >= 11 is 0. The summed E-state index contributed by atoms with van der Waals surface area (Å²) in [6.45, 7) is 2.98. The third-order valence-corrected chi connectivity index (χ3v) is 1.41. The van der Waals surface area contributed by atoms with Gasteiger partial charge >= 0.3 is 0 Å². The molecule has 0 bridgehead atoms. The Labute approximate surface area is 75.9 Å². The Bertz CT molecular complexity index is 255. The quantitative estimate of drug-likeness (QED) is 0.508. The number of hydrogen-bond acceptors (Lipinski definition) is 3. The Balaban J connectivity index is 0.000000310. The lowest BCUT2D eigenvalue weighted by Gasteiger charge is -1.92. The molecule has 72 valence electrons. The van der Waals surface area contributed by atoms with Crippen molar-refractivity contribution in [3.05, 3.63) is 50.7 Å². The van der Waals surface area contributed by atoms with E-state index in [-0.39, 0.29) is 0 Å². The molecule has 0 saturated carbocycles. The van der Waals surface area contributed by atoms with Gasteiger partial charge in [0.25, 0.3) is 0 Å². The van der Waals surface area contributed by atoms with Gasteiger partial charge in [0.05, 0.1) is 11.6 Å². The van der Waals surface area contributed by atoms with Crippen LogP contribution in [0.2, 0.25) is 0 Å². The Morgan fingerprint density at radius 1 is 1.31 bits per heavy atom. The first-order chi connectivity index (χ1) is 6.06. The summed E-state index contributed by atoms with van der Waals surface area (Å²) in [5, 5.41) is 14.8. The van der Waals surface area contributed by atoms with Gasteiger partial charge in [-0.15, -0.1) is 0 Å². The van der Waals surface area contributed by atoms with Crippen molar-refractivity contribution in [1.29, 1.82) is 0 Å². The monoisotopic (exact) mass is 184 g/mol. The van der Waals surface area contributed by atoms with E-state index in [9.17, 15) is 0 Å². The first kappa shape index (κ1) is 11.4. The average molecular weight is 184 g/mol. The summed E-state index contributed by atoms with van der Waals surface area (Å²) in [5.41, 5.74) is 6.40. The molecule has 1 aromatic carbocycles. The van der Waals surface area contributed by atoms with Crippen LogP contribution < -0.4 is 5.73 Å². The molecular formula is C8H12N2O3. The summed E-state index contributed by atoms with van der Waals surface area (Å²) in [4.78, 5) is 8.25. The maximum atomic E-state index is 8.25. The molecule has 13 heavy (non-hydrogen) atoms. The molecular weight excluding hydrogens is 172 g/mol. The highest BCUT2D eigenvalue weighted by atomic mass is 16.9. The van der Waals surface area contributed by atoms with E-state index in [4.69, 9.17) is 15.3 Å². The van der Waals surface area contributed by atoms with E-state index in [2.05, 4.69) is 36.9 Å². The summed E-state index contributed by atoms with van der Waals surface area (Å²) in [7, 11) is 0. The lowest BCUT2D eigenvalue weighted by Crippen LogP contribution is -2.47. The van der Waals surface area contributed by atoms with E-state index in [1.54, 1.807) is 0 Å². The summed E-state index contributed by atoms with van der Waals surface area (Å²) in [5.74, 6) is 0. The van der Waals surface area contributed by atoms with Gasteiger partial charge in [-0.3, -0.25) is 0 Å². The first-order valence-electron chi connectivity index (χ1n) is 3.72. The minimum absolute atomic E-state index is 0.889. The van der Waals surface area contributed by atoms with Crippen molar-refractivity contribution in [2.45, 2.75) is 13.5 Å². The lowest BCUT2D eigenvalue weighted by molar-refractivity contribution is -0.402. The third-order valence-electron chi connectivity index (χ3n) is 1.41. The van der Waals surface area contributed by atoms with Crippen LogP contribution in [-0.4, -0.2) is 5.09 Å². The van der Waals surface area contributed by atoms with Gasteiger partial charge in [0, 0.05) is 5.56 Å². The maximum absolute atomic E-state index is 8.25. The van der Waals surface area contributed by atoms with Crippen LogP contribution in [0.3, 0.4) is 0 Å². The van der Waals surface area contributed by atoms with E-state index in [1.807, 2.05) is 0 Å². The molecule has 0 aromatic heterocycles. The topological polar surface area (TPSA) is 93.8 Å². The number of nitrogens with zero attached hydrogens (tertiary/aromatic N) is 1.